The van der Waals surface area contributed by atoms with Gasteiger partial charge in [0.1, 0.15) is 24.0 Å². The van der Waals surface area contributed by atoms with E-state index in [4.69, 9.17) is 9.47 Å². The standard InChI is InChI=1S/C21H27N3O4/c1-15(24-20(26)28-21(2,3)4)19(25)23-13-16-8-10-18(11-9-16)27-14-17-7-5-6-12-22-17/h5-12,15H,13-14H2,1-4H3,(H,23,25)(H,24,26)/t15-/m1/s1. The Morgan fingerprint density at radius 3 is 2.43 bits per heavy atom. The van der Waals surface area contributed by atoms with Gasteiger partial charge < -0.3 is 20.1 Å². The van der Waals surface area contributed by atoms with Gasteiger partial charge in [-0.1, -0.05) is 18.2 Å². The largest absolute Gasteiger partial charge is 0.487 e. The molecule has 150 valence electrons. The van der Waals surface area contributed by atoms with Crippen LogP contribution in [0.25, 0.3) is 0 Å². The van der Waals surface area contributed by atoms with E-state index in [9.17, 15) is 9.59 Å². The number of alkyl carbamates (subject to hydrolysis) is 1. The van der Waals surface area contributed by atoms with E-state index in [1.807, 2.05) is 42.5 Å². The van der Waals surface area contributed by atoms with Crippen LogP contribution >= 0.6 is 0 Å². The van der Waals surface area contributed by atoms with Crippen molar-refractivity contribution in [3.05, 3.63) is 59.9 Å². The molecule has 1 atom stereocenters. The molecule has 1 aromatic carbocycles. The van der Waals surface area contributed by atoms with Gasteiger partial charge in [-0.3, -0.25) is 9.78 Å². The van der Waals surface area contributed by atoms with Gasteiger partial charge in [0.15, 0.2) is 0 Å². The van der Waals surface area contributed by atoms with Crippen molar-refractivity contribution in [2.24, 2.45) is 0 Å². The monoisotopic (exact) mass is 385 g/mol. The molecule has 2 N–H and O–H groups in total. The van der Waals surface area contributed by atoms with Gasteiger partial charge in [-0.15, -0.1) is 0 Å². The van der Waals surface area contributed by atoms with Crippen LogP contribution in [-0.2, 0) is 22.7 Å². The van der Waals surface area contributed by atoms with Gasteiger partial charge in [0.25, 0.3) is 0 Å². The van der Waals surface area contributed by atoms with Crippen LogP contribution in [-0.4, -0.2) is 28.6 Å². The number of aromatic nitrogens is 1. The first kappa shape index (κ1) is 21.2. The van der Waals surface area contributed by atoms with E-state index in [0.29, 0.717) is 13.2 Å². The van der Waals surface area contributed by atoms with E-state index in [1.165, 1.54) is 0 Å². The molecule has 0 radical (unpaired) electrons. The minimum absolute atomic E-state index is 0.290. The number of ether oxygens (including phenoxy) is 2. The fourth-order valence-corrected chi connectivity index (χ4v) is 2.24. The lowest BCUT2D eigenvalue weighted by Crippen LogP contribution is -2.46. The number of nitrogens with zero attached hydrogens (tertiary/aromatic N) is 1. The second-order valence-corrected chi connectivity index (χ2v) is 7.34. The van der Waals surface area contributed by atoms with Crippen molar-refractivity contribution in [1.82, 2.24) is 15.6 Å². The predicted octanol–water partition coefficient (Wildman–Crippen LogP) is 3.19. The Morgan fingerprint density at radius 2 is 1.82 bits per heavy atom. The summed E-state index contributed by atoms with van der Waals surface area (Å²) < 4.78 is 10.8. The summed E-state index contributed by atoms with van der Waals surface area (Å²) in [5.41, 5.74) is 1.16. The number of carbonyl (C=O) groups is 2. The maximum atomic E-state index is 12.1. The van der Waals surface area contributed by atoms with Gasteiger partial charge in [-0.05, 0) is 57.5 Å². The summed E-state index contributed by atoms with van der Waals surface area (Å²) in [6.45, 7) is 7.64. The summed E-state index contributed by atoms with van der Waals surface area (Å²) in [7, 11) is 0. The van der Waals surface area contributed by atoms with Crippen LogP contribution in [0.2, 0.25) is 0 Å². The van der Waals surface area contributed by atoms with Crippen molar-refractivity contribution < 1.29 is 19.1 Å². The minimum Gasteiger partial charge on any atom is -0.487 e. The molecular formula is C21H27N3O4. The Morgan fingerprint density at radius 1 is 1.11 bits per heavy atom. The number of pyridine rings is 1. The molecule has 7 heteroatoms. The van der Waals surface area contributed by atoms with Crippen LogP contribution in [0.5, 0.6) is 5.75 Å². The third-order valence-corrected chi connectivity index (χ3v) is 3.63. The molecule has 0 spiro atoms. The first-order valence-electron chi connectivity index (χ1n) is 9.12. The van der Waals surface area contributed by atoms with Crippen molar-refractivity contribution >= 4 is 12.0 Å². The van der Waals surface area contributed by atoms with Gasteiger partial charge in [0.2, 0.25) is 5.91 Å². The fraction of sp³-hybridized carbons (Fsp3) is 0.381. The molecule has 0 saturated heterocycles. The molecule has 0 aliphatic heterocycles. The van der Waals surface area contributed by atoms with Crippen LogP contribution < -0.4 is 15.4 Å². The Labute approximate surface area is 165 Å². The lowest BCUT2D eigenvalue weighted by Gasteiger charge is -2.21. The highest BCUT2D eigenvalue weighted by molar-refractivity contribution is 5.85. The molecule has 0 bridgehead atoms. The summed E-state index contributed by atoms with van der Waals surface area (Å²) in [6.07, 6.45) is 1.10. The van der Waals surface area contributed by atoms with Gasteiger partial charge in [0, 0.05) is 12.7 Å². The Balaban J connectivity index is 1.76. The molecule has 0 fully saturated rings. The molecule has 0 unspecified atom stereocenters. The highest BCUT2D eigenvalue weighted by atomic mass is 16.6. The van der Waals surface area contributed by atoms with Crippen molar-refractivity contribution in [3.63, 3.8) is 0 Å². The molecule has 0 aliphatic carbocycles. The van der Waals surface area contributed by atoms with Crippen LogP contribution in [0.15, 0.2) is 48.7 Å². The summed E-state index contributed by atoms with van der Waals surface area (Å²) >= 11 is 0. The Bertz CT molecular complexity index is 770. The average Bonchev–Trinajstić information content (AvgIpc) is 2.64. The van der Waals surface area contributed by atoms with Crippen molar-refractivity contribution in [3.8, 4) is 5.75 Å². The lowest BCUT2D eigenvalue weighted by molar-refractivity contribution is -0.122. The van der Waals surface area contributed by atoms with Crippen molar-refractivity contribution in [2.75, 3.05) is 0 Å². The Kier molecular flexibility index (Phi) is 7.37. The zero-order chi connectivity index (χ0) is 20.6. The summed E-state index contributed by atoms with van der Waals surface area (Å²) in [5, 5.41) is 5.30. The van der Waals surface area contributed by atoms with E-state index >= 15 is 0 Å². The minimum atomic E-state index is -0.698. The number of rotatable bonds is 7. The van der Waals surface area contributed by atoms with Crippen molar-refractivity contribution in [1.29, 1.82) is 0 Å². The molecule has 7 nitrogen and oxygen atoms in total. The zero-order valence-electron chi connectivity index (χ0n) is 16.7. The third kappa shape index (κ3) is 7.65. The first-order chi connectivity index (χ1) is 13.2. The van der Waals surface area contributed by atoms with E-state index < -0.39 is 17.7 Å². The van der Waals surface area contributed by atoms with Gasteiger partial charge >= 0.3 is 6.09 Å². The maximum absolute atomic E-state index is 12.1. The molecule has 0 saturated carbocycles. The Hall–Kier alpha value is -3.09. The van der Waals surface area contributed by atoms with E-state index in [0.717, 1.165) is 17.0 Å². The quantitative estimate of drug-likeness (QED) is 0.764. The third-order valence-electron chi connectivity index (χ3n) is 3.63. The number of carbonyl (C=O) groups excluding carboxylic acids is 2. The molecular weight excluding hydrogens is 358 g/mol. The summed E-state index contributed by atoms with van der Waals surface area (Å²) in [5.74, 6) is 0.432. The smallest absolute Gasteiger partial charge is 0.408 e. The second kappa shape index (κ2) is 9.73. The number of benzene rings is 1. The normalized spacial score (nSPS) is 12.0. The summed E-state index contributed by atoms with van der Waals surface area (Å²) in [4.78, 5) is 28.1. The van der Waals surface area contributed by atoms with E-state index in [1.54, 1.807) is 33.9 Å². The summed E-state index contributed by atoms with van der Waals surface area (Å²) in [6, 6.07) is 12.4. The number of hydrogen-bond acceptors (Lipinski definition) is 5. The molecule has 2 aromatic rings. The van der Waals surface area contributed by atoms with Gasteiger partial charge in [0.05, 0.1) is 5.69 Å². The predicted molar refractivity (Wildman–Crippen MR) is 106 cm³/mol. The van der Waals surface area contributed by atoms with Crippen LogP contribution in [0.3, 0.4) is 0 Å². The zero-order valence-corrected chi connectivity index (χ0v) is 16.7. The van der Waals surface area contributed by atoms with E-state index in [-0.39, 0.29) is 5.91 Å². The van der Waals surface area contributed by atoms with Gasteiger partial charge in [-0.25, -0.2) is 4.79 Å². The average molecular weight is 385 g/mol. The highest BCUT2D eigenvalue weighted by Gasteiger charge is 2.20. The van der Waals surface area contributed by atoms with Crippen LogP contribution in [0.1, 0.15) is 39.0 Å². The number of nitrogens with one attached hydrogen (secondary N) is 2. The molecule has 2 amide bonds. The van der Waals surface area contributed by atoms with E-state index in [2.05, 4.69) is 15.6 Å². The molecule has 28 heavy (non-hydrogen) atoms. The topological polar surface area (TPSA) is 89.5 Å². The fourth-order valence-electron chi connectivity index (χ4n) is 2.24. The van der Waals surface area contributed by atoms with Crippen LogP contribution in [0.4, 0.5) is 4.79 Å². The highest BCUT2D eigenvalue weighted by Crippen LogP contribution is 2.13. The molecule has 2 rings (SSSR count). The molecule has 1 aromatic heterocycles. The number of hydrogen-bond donors (Lipinski definition) is 2. The molecule has 0 aliphatic rings. The lowest BCUT2D eigenvalue weighted by atomic mass is 10.2. The van der Waals surface area contributed by atoms with Crippen molar-refractivity contribution in [2.45, 2.75) is 52.5 Å². The molecule has 1 heterocycles. The van der Waals surface area contributed by atoms with Gasteiger partial charge in [-0.2, -0.15) is 0 Å². The maximum Gasteiger partial charge on any atom is 0.408 e. The number of amides is 2. The van der Waals surface area contributed by atoms with Crippen LogP contribution in [0, 0.1) is 0 Å². The first-order valence-corrected chi connectivity index (χ1v) is 9.12. The SMILES string of the molecule is C[C@@H](NC(=O)OC(C)(C)C)C(=O)NCc1ccc(OCc2ccccn2)cc1. The second-order valence-electron chi connectivity index (χ2n) is 7.34.